The first kappa shape index (κ1) is 24.7. The number of nitrogens with two attached hydrogens (primary N) is 1. The van der Waals surface area contributed by atoms with Gasteiger partial charge in [-0.05, 0) is 42.8 Å². The van der Waals surface area contributed by atoms with E-state index in [0.717, 1.165) is 17.5 Å². The lowest BCUT2D eigenvalue weighted by molar-refractivity contribution is -0.274. The van der Waals surface area contributed by atoms with Crippen LogP contribution in [0.5, 0.6) is 5.75 Å². The summed E-state index contributed by atoms with van der Waals surface area (Å²) < 4.78 is 73.6. The number of aromatic nitrogens is 3. The van der Waals surface area contributed by atoms with E-state index < -0.39 is 18.5 Å². The van der Waals surface area contributed by atoms with E-state index in [0.29, 0.717) is 18.1 Å². The second kappa shape index (κ2) is 10.1. The van der Waals surface area contributed by atoms with Gasteiger partial charge in [0.2, 0.25) is 0 Å². The summed E-state index contributed by atoms with van der Waals surface area (Å²) in [6.45, 7) is 0.584. The molecule has 7 nitrogen and oxygen atoms in total. The first-order chi connectivity index (χ1) is 14.9. The minimum absolute atomic E-state index is 0.285. The second-order valence-electron chi connectivity index (χ2n) is 6.09. The number of aliphatic carboxylic acids is 1. The number of carboxylic acids is 1. The molecule has 0 spiro atoms. The quantitative estimate of drug-likeness (QED) is 0.557. The molecule has 0 aliphatic carbocycles. The number of nitrogens with zero attached hydrogens (tertiary/aromatic N) is 3. The van der Waals surface area contributed by atoms with Crippen LogP contribution in [0.15, 0.2) is 54.9 Å². The molecular formula is C19H16F6N4O3. The summed E-state index contributed by atoms with van der Waals surface area (Å²) in [6, 6.07) is 13.2. The van der Waals surface area contributed by atoms with Gasteiger partial charge in [-0.15, -0.1) is 18.3 Å². The van der Waals surface area contributed by atoms with E-state index in [2.05, 4.69) is 14.8 Å². The normalized spacial score (nSPS) is 11.5. The van der Waals surface area contributed by atoms with E-state index in [1.807, 2.05) is 24.3 Å². The number of alkyl halides is 6. The molecular weight excluding hydrogens is 446 g/mol. The van der Waals surface area contributed by atoms with Gasteiger partial charge < -0.3 is 15.6 Å². The Kier molecular flexibility index (Phi) is 7.81. The highest BCUT2D eigenvalue weighted by Gasteiger charge is 2.38. The molecule has 0 atom stereocenters. The van der Waals surface area contributed by atoms with E-state index in [9.17, 15) is 26.3 Å². The van der Waals surface area contributed by atoms with Gasteiger partial charge in [-0.2, -0.15) is 13.2 Å². The fourth-order valence-electron chi connectivity index (χ4n) is 2.31. The first-order valence-electron chi connectivity index (χ1n) is 8.76. The summed E-state index contributed by atoms with van der Waals surface area (Å²) in [4.78, 5) is 13.1. The van der Waals surface area contributed by atoms with Crippen LogP contribution in [-0.4, -0.2) is 44.9 Å². The molecule has 0 bridgehead atoms. The Bertz CT molecular complexity index is 1020. The molecule has 1 aromatic heterocycles. The summed E-state index contributed by atoms with van der Waals surface area (Å²) in [5.41, 5.74) is 8.07. The number of ether oxygens (including phenoxy) is 1. The SMILES string of the molecule is NCCc1ccc(-c2ncn(-c3ccc(OC(F)(F)F)cc3)n2)cc1.O=C(O)C(F)(F)F. The van der Waals surface area contributed by atoms with Crippen molar-refractivity contribution in [2.75, 3.05) is 6.54 Å². The molecule has 0 amide bonds. The summed E-state index contributed by atoms with van der Waals surface area (Å²) in [6.07, 6.45) is -7.49. The van der Waals surface area contributed by atoms with Gasteiger partial charge in [0.1, 0.15) is 12.1 Å². The van der Waals surface area contributed by atoms with Crippen LogP contribution in [0.25, 0.3) is 17.1 Å². The predicted molar refractivity (Wildman–Crippen MR) is 99.9 cm³/mol. The number of rotatable bonds is 5. The van der Waals surface area contributed by atoms with Crippen molar-refractivity contribution in [3.63, 3.8) is 0 Å². The zero-order valence-electron chi connectivity index (χ0n) is 16.1. The minimum atomic E-state index is -5.08. The fraction of sp³-hybridized carbons (Fsp3) is 0.211. The molecule has 0 radical (unpaired) electrons. The van der Waals surface area contributed by atoms with E-state index in [-0.39, 0.29) is 5.75 Å². The number of hydrogen-bond acceptors (Lipinski definition) is 5. The molecule has 1 heterocycles. The Labute approximate surface area is 177 Å². The lowest BCUT2D eigenvalue weighted by Crippen LogP contribution is -2.21. The molecule has 0 saturated heterocycles. The number of benzene rings is 2. The molecule has 3 aromatic rings. The van der Waals surface area contributed by atoms with Crippen LogP contribution in [0.4, 0.5) is 26.3 Å². The number of halogens is 6. The lowest BCUT2D eigenvalue weighted by atomic mass is 10.1. The Hall–Kier alpha value is -3.61. The lowest BCUT2D eigenvalue weighted by Gasteiger charge is -2.09. The molecule has 0 aliphatic rings. The van der Waals surface area contributed by atoms with E-state index in [1.165, 1.54) is 35.3 Å². The van der Waals surface area contributed by atoms with Crippen LogP contribution < -0.4 is 10.5 Å². The van der Waals surface area contributed by atoms with Crippen molar-refractivity contribution in [3.05, 3.63) is 60.4 Å². The highest BCUT2D eigenvalue weighted by molar-refractivity contribution is 5.73. The third-order valence-electron chi connectivity index (χ3n) is 3.71. The van der Waals surface area contributed by atoms with Crippen LogP contribution in [0.2, 0.25) is 0 Å². The van der Waals surface area contributed by atoms with Crippen molar-refractivity contribution in [2.45, 2.75) is 19.0 Å². The Morgan fingerprint density at radius 2 is 1.56 bits per heavy atom. The highest BCUT2D eigenvalue weighted by atomic mass is 19.4. The van der Waals surface area contributed by atoms with Crippen LogP contribution in [0.1, 0.15) is 5.56 Å². The first-order valence-corrected chi connectivity index (χ1v) is 8.76. The summed E-state index contributed by atoms with van der Waals surface area (Å²) >= 11 is 0. The summed E-state index contributed by atoms with van der Waals surface area (Å²) in [7, 11) is 0. The second-order valence-corrected chi connectivity index (χ2v) is 6.09. The molecule has 3 rings (SSSR count). The van der Waals surface area contributed by atoms with Gasteiger partial charge in [-0.25, -0.2) is 14.5 Å². The summed E-state index contributed by atoms with van der Waals surface area (Å²) in [5, 5.41) is 11.5. The zero-order valence-corrected chi connectivity index (χ0v) is 16.1. The zero-order chi connectivity index (χ0) is 23.9. The van der Waals surface area contributed by atoms with Crippen molar-refractivity contribution in [2.24, 2.45) is 5.73 Å². The van der Waals surface area contributed by atoms with Crippen LogP contribution in [-0.2, 0) is 11.2 Å². The van der Waals surface area contributed by atoms with Gasteiger partial charge in [0, 0.05) is 5.56 Å². The third kappa shape index (κ3) is 7.58. The van der Waals surface area contributed by atoms with Gasteiger partial charge >= 0.3 is 18.5 Å². The Balaban J connectivity index is 0.000000451. The van der Waals surface area contributed by atoms with Crippen molar-refractivity contribution >= 4 is 5.97 Å². The number of hydrogen-bond donors (Lipinski definition) is 2. The van der Waals surface area contributed by atoms with Crippen LogP contribution in [0.3, 0.4) is 0 Å². The smallest absolute Gasteiger partial charge is 0.475 e. The maximum Gasteiger partial charge on any atom is 0.573 e. The highest BCUT2D eigenvalue weighted by Crippen LogP contribution is 2.24. The van der Waals surface area contributed by atoms with Gasteiger partial charge in [0.25, 0.3) is 0 Å². The third-order valence-corrected chi connectivity index (χ3v) is 3.71. The fourth-order valence-corrected chi connectivity index (χ4v) is 2.31. The standard InChI is InChI=1S/C17H15F3N4O.C2HF3O2/c18-17(19,20)25-15-7-5-14(6-8-15)24-11-22-16(23-24)13-3-1-12(2-4-13)9-10-21;3-2(4,5)1(6)7/h1-8,11H,9-10,21H2;(H,6,7). The Morgan fingerprint density at radius 3 is 2.03 bits per heavy atom. The monoisotopic (exact) mass is 462 g/mol. The van der Waals surface area contributed by atoms with Crippen molar-refractivity contribution in [1.29, 1.82) is 0 Å². The van der Waals surface area contributed by atoms with Crippen LogP contribution in [0, 0.1) is 0 Å². The molecule has 0 unspecified atom stereocenters. The maximum atomic E-state index is 12.2. The molecule has 32 heavy (non-hydrogen) atoms. The molecule has 13 heteroatoms. The topological polar surface area (TPSA) is 103 Å². The van der Waals surface area contributed by atoms with Crippen molar-refractivity contribution in [1.82, 2.24) is 14.8 Å². The van der Waals surface area contributed by atoms with Gasteiger partial charge in [-0.3, -0.25) is 0 Å². The molecule has 0 fully saturated rings. The molecule has 172 valence electrons. The average molecular weight is 462 g/mol. The van der Waals surface area contributed by atoms with Crippen LogP contribution >= 0.6 is 0 Å². The number of carbonyl (C=O) groups is 1. The largest absolute Gasteiger partial charge is 0.573 e. The van der Waals surface area contributed by atoms with Gasteiger partial charge in [-0.1, -0.05) is 24.3 Å². The maximum absolute atomic E-state index is 12.2. The minimum Gasteiger partial charge on any atom is -0.475 e. The molecule has 2 aromatic carbocycles. The average Bonchev–Trinajstić information content (AvgIpc) is 3.18. The predicted octanol–water partition coefficient (Wildman–Crippen LogP) is 3.97. The molecule has 0 saturated carbocycles. The molecule has 0 aliphatic heterocycles. The van der Waals surface area contributed by atoms with E-state index in [4.69, 9.17) is 15.6 Å². The van der Waals surface area contributed by atoms with Gasteiger partial charge in [0.15, 0.2) is 5.82 Å². The number of carboxylic acid groups (broad SMARTS) is 1. The summed E-state index contributed by atoms with van der Waals surface area (Å²) in [5.74, 6) is -2.52. The molecule has 3 N–H and O–H groups in total. The van der Waals surface area contributed by atoms with Gasteiger partial charge in [0.05, 0.1) is 5.69 Å². The van der Waals surface area contributed by atoms with Crippen molar-refractivity contribution < 1.29 is 41.0 Å². The van der Waals surface area contributed by atoms with E-state index >= 15 is 0 Å². The Morgan fingerprint density at radius 1 is 1.00 bits per heavy atom. The van der Waals surface area contributed by atoms with E-state index in [1.54, 1.807) is 0 Å². The van der Waals surface area contributed by atoms with Crippen molar-refractivity contribution in [3.8, 4) is 22.8 Å².